The Morgan fingerprint density at radius 1 is 1.19 bits per heavy atom. The standard InChI is InChI=1S/C16H15N3O2/c1-10(2)16(21)12-9-19(13-6-4-3-5-11(12)13)14-7-8-15(20)18-17-14/h3-10H,1-2H3,(H,18,20). The summed E-state index contributed by atoms with van der Waals surface area (Å²) in [6.45, 7) is 3.76. The van der Waals surface area contributed by atoms with Gasteiger partial charge in [-0.2, -0.15) is 5.10 Å². The van der Waals surface area contributed by atoms with Crippen LogP contribution in [0, 0.1) is 5.92 Å². The molecule has 0 saturated carbocycles. The fourth-order valence-electron chi connectivity index (χ4n) is 2.35. The third kappa shape index (κ3) is 2.27. The first kappa shape index (κ1) is 13.3. The predicted molar refractivity (Wildman–Crippen MR) is 80.9 cm³/mol. The Balaban J connectivity index is 2.27. The van der Waals surface area contributed by atoms with E-state index in [0.29, 0.717) is 11.4 Å². The summed E-state index contributed by atoms with van der Waals surface area (Å²) >= 11 is 0. The van der Waals surface area contributed by atoms with Crippen LogP contribution in [-0.2, 0) is 0 Å². The van der Waals surface area contributed by atoms with Crippen molar-refractivity contribution in [1.29, 1.82) is 0 Å². The summed E-state index contributed by atoms with van der Waals surface area (Å²) in [6, 6.07) is 10.7. The topological polar surface area (TPSA) is 67.8 Å². The number of rotatable bonds is 3. The third-order valence-electron chi connectivity index (χ3n) is 3.41. The summed E-state index contributed by atoms with van der Waals surface area (Å²) in [7, 11) is 0. The van der Waals surface area contributed by atoms with Crippen LogP contribution in [0.25, 0.3) is 16.7 Å². The molecule has 5 heteroatoms. The maximum Gasteiger partial charge on any atom is 0.264 e. The summed E-state index contributed by atoms with van der Waals surface area (Å²) in [4.78, 5) is 23.5. The van der Waals surface area contributed by atoms with Gasteiger partial charge >= 0.3 is 0 Å². The van der Waals surface area contributed by atoms with Crippen molar-refractivity contribution >= 4 is 16.7 Å². The number of fused-ring (bicyclic) bond motifs is 1. The number of carbonyl (C=O) groups is 1. The molecule has 0 fully saturated rings. The van der Waals surface area contributed by atoms with Gasteiger partial charge in [-0.05, 0) is 12.1 Å². The lowest BCUT2D eigenvalue weighted by Crippen LogP contribution is -2.09. The Morgan fingerprint density at radius 3 is 2.62 bits per heavy atom. The number of Topliss-reactive ketones (excluding diaryl/α,β-unsaturated/α-hetero) is 1. The van der Waals surface area contributed by atoms with Gasteiger partial charge in [0.15, 0.2) is 11.6 Å². The van der Waals surface area contributed by atoms with E-state index in [0.717, 1.165) is 10.9 Å². The first-order valence-electron chi connectivity index (χ1n) is 6.78. The molecular weight excluding hydrogens is 266 g/mol. The second kappa shape index (κ2) is 5.01. The van der Waals surface area contributed by atoms with Gasteiger partial charge in [0.1, 0.15) is 0 Å². The highest BCUT2D eigenvalue weighted by atomic mass is 16.1. The minimum absolute atomic E-state index is 0.0761. The summed E-state index contributed by atoms with van der Waals surface area (Å²) in [6.07, 6.45) is 1.79. The van der Waals surface area contributed by atoms with E-state index in [1.54, 1.807) is 12.3 Å². The zero-order valence-corrected chi connectivity index (χ0v) is 11.8. The number of hydrogen-bond acceptors (Lipinski definition) is 3. The molecule has 3 aromatic rings. The molecular formula is C16H15N3O2. The number of para-hydroxylation sites is 1. The normalized spacial score (nSPS) is 11.2. The van der Waals surface area contributed by atoms with E-state index in [2.05, 4.69) is 10.2 Å². The number of hydrogen-bond donors (Lipinski definition) is 1. The lowest BCUT2D eigenvalue weighted by atomic mass is 10.0. The van der Waals surface area contributed by atoms with Crippen LogP contribution in [0.15, 0.2) is 47.4 Å². The maximum atomic E-state index is 12.4. The van der Waals surface area contributed by atoms with E-state index in [1.165, 1.54) is 6.07 Å². The van der Waals surface area contributed by atoms with Crippen molar-refractivity contribution in [2.45, 2.75) is 13.8 Å². The summed E-state index contributed by atoms with van der Waals surface area (Å²) in [5, 5.41) is 7.34. The van der Waals surface area contributed by atoms with Crippen LogP contribution in [0.3, 0.4) is 0 Å². The van der Waals surface area contributed by atoms with Gasteiger partial charge < -0.3 is 0 Å². The zero-order valence-electron chi connectivity index (χ0n) is 11.8. The number of ketones is 1. The van der Waals surface area contributed by atoms with Crippen LogP contribution < -0.4 is 5.56 Å². The number of nitrogens with one attached hydrogen (secondary N) is 1. The zero-order chi connectivity index (χ0) is 15.0. The van der Waals surface area contributed by atoms with Crippen molar-refractivity contribution in [2.75, 3.05) is 0 Å². The van der Waals surface area contributed by atoms with Gasteiger partial charge in [-0.25, -0.2) is 5.10 Å². The SMILES string of the molecule is CC(C)C(=O)c1cn(-c2ccc(=O)[nH]n2)c2ccccc12. The van der Waals surface area contributed by atoms with Crippen molar-refractivity contribution in [3.63, 3.8) is 0 Å². The molecule has 2 aromatic heterocycles. The molecule has 3 rings (SSSR count). The number of H-pyrrole nitrogens is 1. The molecule has 1 N–H and O–H groups in total. The van der Waals surface area contributed by atoms with Crippen LogP contribution in [0.5, 0.6) is 0 Å². The van der Waals surface area contributed by atoms with Crippen LogP contribution in [0.1, 0.15) is 24.2 Å². The monoisotopic (exact) mass is 281 g/mol. The molecule has 0 aliphatic heterocycles. The van der Waals surface area contributed by atoms with Gasteiger partial charge in [0.05, 0.1) is 5.52 Å². The number of nitrogens with zero attached hydrogens (tertiary/aromatic N) is 2. The molecule has 0 aliphatic rings. The second-order valence-electron chi connectivity index (χ2n) is 5.23. The van der Waals surface area contributed by atoms with Gasteiger partial charge in [0.25, 0.3) is 5.56 Å². The molecule has 0 unspecified atom stereocenters. The van der Waals surface area contributed by atoms with Gasteiger partial charge in [-0.3, -0.25) is 14.2 Å². The van der Waals surface area contributed by atoms with Crippen LogP contribution >= 0.6 is 0 Å². The Morgan fingerprint density at radius 2 is 1.95 bits per heavy atom. The second-order valence-corrected chi connectivity index (χ2v) is 5.23. The molecule has 5 nitrogen and oxygen atoms in total. The van der Waals surface area contributed by atoms with Gasteiger partial charge in [0, 0.05) is 29.1 Å². The molecule has 2 heterocycles. The minimum atomic E-state index is -0.256. The molecule has 0 bridgehead atoms. The number of carbonyl (C=O) groups excluding carboxylic acids is 1. The van der Waals surface area contributed by atoms with E-state index in [9.17, 15) is 9.59 Å². The molecule has 21 heavy (non-hydrogen) atoms. The van der Waals surface area contributed by atoms with E-state index in [-0.39, 0.29) is 17.3 Å². The Labute approximate surface area is 121 Å². The molecule has 0 saturated heterocycles. The van der Waals surface area contributed by atoms with Crippen LogP contribution in [-0.4, -0.2) is 20.5 Å². The average molecular weight is 281 g/mol. The van der Waals surface area contributed by atoms with Crippen molar-refractivity contribution < 1.29 is 4.79 Å². The highest BCUT2D eigenvalue weighted by molar-refractivity contribution is 6.09. The van der Waals surface area contributed by atoms with Gasteiger partial charge in [-0.15, -0.1) is 0 Å². The number of aromatic nitrogens is 3. The molecule has 0 spiro atoms. The quantitative estimate of drug-likeness (QED) is 0.750. The van der Waals surface area contributed by atoms with Crippen molar-refractivity contribution in [1.82, 2.24) is 14.8 Å². The minimum Gasteiger partial charge on any atom is -0.299 e. The lowest BCUT2D eigenvalue weighted by molar-refractivity contribution is 0.0941. The number of benzene rings is 1. The number of aromatic amines is 1. The van der Waals surface area contributed by atoms with E-state index in [1.807, 2.05) is 42.7 Å². The molecule has 106 valence electrons. The maximum absolute atomic E-state index is 12.4. The predicted octanol–water partition coefficient (Wildman–Crippen LogP) is 2.55. The molecule has 0 atom stereocenters. The van der Waals surface area contributed by atoms with Gasteiger partial charge in [0.2, 0.25) is 0 Å². The Hall–Kier alpha value is -2.69. The summed E-state index contributed by atoms with van der Waals surface area (Å²) in [5.74, 6) is 0.593. The lowest BCUT2D eigenvalue weighted by Gasteiger charge is -2.02. The van der Waals surface area contributed by atoms with Crippen LogP contribution in [0.4, 0.5) is 0 Å². The average Bonchev–Trinajstić information content (AvgIpc) is 2.87. The van der Waals surface area contributed by atoms with Crippen LogP contribution in [0.2, 0.25) is 0 Å². The molecule has 0 radical (unpaired) electrons. The third-order valence-corrected chi connectivity index (χ3v) is 3.41. The fourth-order valence-corrected chi connectivity index (χ4v) is 2.35. The first-order valence-corrected chi connectivity index (χ1v) is 6.78. The van der Waals surface area contributed by atoms with E-state index in [4.69, 9.17) is 0 Å². The smallest absolute Gasteiger partial charge is 0.264 e. The molecule has 0 aliphatic carbocycles. The molecule has 0 amide bonds. The highest BCUT2D eigenvalue weighted by Gasteiger charge is 2.18. The first-order chi connectivity index (χ1) is 10.1. The fraction of sp³-hybridized carbons (Fsp3) is 0.188. The Bertz CT molecular complexity index is 854. The highest BCUT2D eigenvalue weighted by Crippen LogP contribution is 2.25. The van der Waals surface area contributed by atoms with E-state index >= 15 is 0 Å². The molecule has 1 aromatic carbocycles. The Kier molecular flexibility index (Phi) is 3.17. The summed E-state index contributed by atoms with van der Waals surface area (Å²) < 4.78 is 1.82. The van der Waals surface area contributed by atoms with Crippen molar-refractivity contribution in [2.24, 2.45) is 5.92 Å². The van der Waals surface area contributed by atoms with Gasteiger partial charge in [-0.1, -0.05) is 32.0 Å². The van der Waals surface area contributed by atoms with Crippen molar-refractivity contribution in [3.05, 3.63) is 58.5 Å². The largest absolute Gasteiger partial charge is 0.299 e. The summed E-state index contributed by atoms with van der Waals surface area (Å²) in [5.41, 5.74) is 1.31. The van der Waals surface area contributed by atoms with Crippen molar-refractivity contribution in [3.8, 4) is 5.82 Å². The van der Waals surface area contributed by atoms with E-state index < -0.39 is 0 Å².